The van der Waals surface area contributed by atoms with E-state index in [4.69, 9.17) is 13.1 Å². The van der Waals surface area contributed by atoms with Gasteiger partial charge in [0.25, 0.3) is 0 Å². The van der Waals surface area contributed by atoms with E-state index in [9.17, 15) is 0 Å². The van der Waals surface area contributed by atoms with Crippen molar-refractivity contribution in [3.63, 3.8) is 0 Å². The van der Waals surface area contributed by atoms with Crippen molar-refractivity contribution in [1.29, 1.82) is 5.26 Å². The van der Waals surface area contributed by atoms with Crippen molar-refractivity contribution in [3.8, 4) is 6.07 Å². The first-order valence-corrected chi connectivity index (χ1v) is 6.20. The van der Waals surface area contributed by atoms with Gasteiger partial charge < -0.3 is 10.6 Å². The van der Waals surface area contributed by atoms with E-state index in [-0.39, 0.29) is 0 Å². The van der Waals surface area contributed by atoms with Crippen molar-refractivity contribution in [3.05, 3.63) is 0 Å². The van der Waals surface area contributed by atoms with Crippen molar-refractivity contribution in [2.24, 2.45) is 0 Å². The molecule has 0 aromatic heterocycles. The first-order valence-electron chi connectivity index (χ1n) is 6.20. The van der Waals surface area contributed by atoms with Gasteiger partial charge in [-0.1, -0.05) is 12.1 Å². The lowest BCUT2D eigenvalue weighted by atomic mass is 9.59. The number of nitriles is 1. The van der Waals surface area contributed by atoms with E-state index in [1.165, 1.54) is 0 Å². The molecular weight excluding hydrogens is 196 g/mol. The Morgan fingerprint density at radius 3 is 2.44 bits per heavy atom. The highest BCUT2D eigenvalue weighted by molar-refractivity contribution is 6.38. The summed E-state index contributed by atoms with van der Waals surface area (Å²) in [5, 5.41) is 14.8. The molecular formula is C11H20B2N3. The van der Waals surface area contributed by atoms with Crippen molar-refractivity contribution < 1.29 is 0 Å². The molecule has 0 amide bonds. The van der Waals surface area contributed by atoms with E-state index < -0.39 is 0 Å². The first-order chi connectivity index (χ1) is 7.83. The lowest BCUT2D eigenvalue weighted by molar-refractivity contribution is 0.520. The maximum atomic E-state index is 8.32. The molecule has 2 aliphatic rings. The zero-order valence-electron chi connectivity index (χ0n) is 9.91. The third-order valence-electron chi connectivity index (χ3n) is 2.96. The standard InChI is InChI=1S/C6H10BN2.C5H10BN/c8-3-1-6-5-9-4-2-7-6;6-5-1-3-7-4-2-5/h6,9H,1-2,4-5H2;5,7H,1-4H2. The summed E-state index contributed by atoms with van der Waals surface area (Å²) in [7, 11) is 7.83. The van der Waals surface area contributed by atoms with E-state index in [0.717, 1.165) is 45.3 Å². The predicted molar refractivity (Wildman–Crippen MR) is 69.0 cm³/mol. The van der Waals surface area contributed by atoms with E-state index >= 15 is 0 Å². The Morgan fingerprint density at radius 1 is 1.25 bits per heavy atom. The fourth-order valence-corrected chi connectivity index (χ4v) is 1.91. The highest BCUT2D eigenvalue weighted by atomic mass is 14.9. The zero-order chi connectivity index (χ0) is 11.6. The monoisotopic (exact) mass is 216 g/mol. The van der Waals surface area contributed by atoms with Crippen molar-refractivity contribution in [2.45, 2.75) is 37.2 Å². The average molecular weight is 216 g/mol. The molecule has 5 heteroatoms. The smallest absolute Gasteiger partial charge is 0.118 e. The van der Waals surface area contributed by atoms with Crippen LogP contribution in [0.3, 0.4) is 0 Å². The van der Waals surface area contributed by atoms with Crippen LogP contribution in [0.2, 0.25) is 18.0 Å². The maximum absolute atomic E-state index is 8.32. The van der Waals surface area contributed by atoms with Crippen molar-refractivity contribution in [1.82, 2.24) is 10.6 Å². The van der Waals surface area contributed by atoms with Crippen LogP contribution in [-0.4, -0.2) is 41.3 Å². The Labute approximate surface area is 101 Å². The Bertz CT molecular complexity index is 206. The molecule has 0 saturated carbocycles. The summed E-state index contributed by atoms with van der Waals surface area (Å²) in [5.74, 6) is 0.977. The van der Waals surface area contributed by atoms with E-state index in [0.29, 0.717) is 18.1 Å². The second-order valence-electron chi connectivity index (χ2n) is 4.44. The topological polar surface area (TPSA) is 47.9 Å². The summed E-state index contributed by atoms with van der Waals surface area (Å²) in [5.41, 5.74) is 0. The molecule has 0 aromatic carbocycles. The summed E-state index contributed by atoms with van der Waals surface area (Å²) in [6.45, 7) is 4.30. The second kappa shape index (κ2) is 8.66. The van der Waals surface area contributed by atoms with Crippen LogP contribution in [0.15, 0.2) is 0 Å². The van der Waals surface area contributed by atoms with Crippen molar-refractivity contribution in [2.75, 3.05) is 26.2 Å². The Hall–Kier alpha value is -0.460. The van der Waals surface area contributed by atoms with Gasteiger partial charge in [-0.05, 0) is 44.8 Å². The molecule has 16 heavy (non-hydrogen) atoms. The minimum Gasteiger partial charge on any atom is -0.318 e. The number of nitrogens with one attached hydrogen (secondary N) is 2. The Balaban J connectivity index is 0.000000165. The predicted octanol–water partition coefficient (Wildman–Crippen LogP) is 0.741. The van der Waals surface area contributed by atoms with Gasteiger partial charge in [-0.25, -0.2) is 0 Å². The fraction of sp³-hybridized carbons (Fsp3) is 0.909. The van der Waals surface area contributed by atoms with Crippen LogP contribution < -0.4 is 10.6 Å². The molecule has 1 unspecified atom stereocenters. The molecule has 0 spiro atoms. The van der Waals surface area contributed by atoms with Gasteiger partial charge >= 0.3 is 0 Å². The van der Waals surface area contributed by atoms with Crippen LogP contribution in [0.5, 0.6) is 0 Å². The highest BCUT2D eigenvalue weighted by Crippen LogP contribution is 2.12. The minimum absolute atomic E-state index is 0.473. The van der Waals surface area contributed by atoms with Crippen LogP contribution in [0.4, 0.5) is 0 Å². The summed E-state index contributed by atoms with van der Waals surface area (Å²) < 4.78 is 0. The molecule has 3 nitrogen and oxygen atoms in total. The minimum atomic E-state index is 0.473. The first kappa shape index (κ1) is 13.6. The van der Waals surface area contributed by atoms with Gasteiger partial charge in [-0.3, -0.25) is 0 Å². The van der Waals surface area contributed by atoms with Gasteiger partial charge in [-0.2, -0.15) is 5.26 Å². The van der Waals surface area contributed by atoms with E-state index in [2.05, 4.69) is 24.0 Å². The van der Waals surface area contributed by atoms with Gasteiger partial charge in [0.05, 0.1) is 13.9 Å². The highest BCUT2D eigenvalue weighted by Gasteiger charge is 2.12. The molecule has 2 rings (SSSR count). The summed E-state index contributed by atoms with van der Waals surface area (Å²) in [4.78, 5) is 0. The number of hydrogen-bond acceptors (Lipinski definition) is 3. The van der Waals surface area contributed by atoms with Gasteiger partial charge in [0, 0.05) is 6.42 Å². The number of hydrogen-bond donors (Lipinski definition) is 2. The van der Waals surface area contributed by atoms with E-state index in [1.807, 2.05) is 0 Å². The molecule has 2 fully saturated rings. The lowest BCUT2D eigenvalue weighted by Gasteiger charge is -2.18. The molecule has 2 saturated heterocycles. The Kier molecular flexibility index (Phi) is 7.37. The van der Waals surface area contributed by atoms with Crippen LogP contribution in [0, 0.1) is 11.3 Å². The van der Waals surface area contributed by atoms with Gasteiger partial charge in [0.2, 0.25) is 0 Å². The molecule has 2 N–H and O–H groups in total. The maximum Gasteiger partial charge on any atom is 0.118 e. The normalized spacial score (nSPS) is 25.8. The Morgan fingerprint density at radius 2 is 2.00 bits per heavy atom. The van der Waals surface area contributed by atoms with Crippen LogP contribution in [-0.2, 0) is 0 Å². The molecule has 0 aliphatic carbocycles. The van der Waals surface area contributed by atoms with Gasteiger partial charge in [0.1, 0.15) is 7.28 Å². The summed E-state index contributed by atoms with van der Waals surface area (Å²) in [6, 6.07) is 2.17. The van der Waals surface area contributed by atoms with Crippen LogP contribution in [0.25, 0.3) is 0 Å². The SMILES string of the molecule is N#CCC1[B]CCNC1.[B]C1CCNCC1. The molecule has 3 radical (unpaired) electrons. The number of nitrogens with zero attached hydrogens (tertiary/aromatic N) is 1. The molecule has 0 aromatic rings. The largest absolute Gasteiger partial charge is 0.318 e. The summed E-state index contributed by atoms with van der Waals surface area (Å²) >= 11 is 0. The van der Waals surface area contributed by atoms with Crippen LogP contribution in [0.1, 0.15) is 19.3 Å². The molecule has 2 aliphatic heterocycles. The fourth-order valence-electron chi connectivity index (χ4n) is 1.91. The average Bonchev–Trinajstić information content (AvgIpc) is 2.33. The van der Waals surface area contributed by atoms with Gasteiger partial charge in [0.15, 0.2) is 0 Å². The third kappa shape index (κ3) is 6.19. The van der Waals surface area contributed by atoms with Crippen LogP contribution >= 0.6 is 0 Å². The molecule has 85 valence electrons. The van der Waals surface area contributed by atoms with Crippen molar-refractivity contribution >= 4 is 15.1 Å². The number of rotatable bonds is 1. The number of piperidine rings is 1. The lowest BCUT2D eigenvalue weighted by Crippen LogP contribution is -2.30. The van der Waals surface area contributed by atoms with Gasteiger partial charge in [-0.15, -0.1) is 0 Å². The summed E-state index contributed by atoms with van der Waals surface area (Å²) in [6.07, 6.45) is 4.10. The second-order valence-corrected chi connectivity index (χ2v) is 4.44. The molecule has 0 bridgehead atoms. The quantitative estimate of drug-likeness (QED) is 0.635. The molecule has 2 heterocycles. The zero-order valence-corrected chi connectivity index (χ0v) is 9.91. The van der Waals surface area contributed by atoms with E-state index in [1.54, 1.807) is 0 Å². The molecule has 1 atom stereocenters. The third-order valence-corrected chi connectivity index (χ3v) is 2.96.